The van der Waals surface area contributed by atoms with E-state index in [0.717, 1.165) is 26.5 Å². The third-order valence-corrected chi connectivity index (χ3v) is 2.73. The maximum absolute atomic E-state index is 12.9. The molecule has 100 valence electrons. The minimum atomic E-state index is -2.87. The van der Waals surface area contributed by atoms with Crippen LogP contribution in [0.25, 0.3) is 0 Å². The summed E-state index contributed by atoms with van der Waals surface area (Å²) in [7, 11) is 1.00. The number of aliphatic hydroxyl groups is 1. The summed E-state index contributed by atoms with van der Waals surface area (Å²) in [6.45, 7) is 8.13. The molecule has 0 amide bonds. The first-order chi connectivity index (χ1) is 7.82. The zero-order chi connectivity index (χ0) is 14.1. The van der Waals surface area contributed by atoms with Gasteiger partial charge in [0.1, 0.15) is 0 Å². The molecule has 0 aliphatic rings. The maximum Gasteiger partial charge on any atom is 0.270 e. The number of alkyl halides is 2. The van der Waals surface area contributed by atoms with Crippen LogP contribution < -0.4 is 0 Å². The number of rotatable bonds is 5. The fraction of sp³-hybridized carbons (Fsp3) is 0.538. The molecule has 1 atom stereocenters. The molecule has 0 bridgehead atoms. The average Bonchev–Trinajstić information content (AvgIpc) is 2.29. The first-order valence-electron chi connectivity index (χ1n) is 5.35. The lowest BCUT2D eigenvalue weighted by atomic mass is 10.1. The van der Waals surface area contributed by atoms with Crippen LogP contribution in [0.1, 0.15) is 27.2 Å². The molecular weight excluding hydrogens is 246 g/mol. The Morgan fingerprint density at radius 1 is 1.41 bits per heavy atom. The standard InChI is InChI=1S/C12H17ClF2.CH4O/c1-5-9(3)11(13)8-7-10(6-2)12(4,14)15;1-2/h6-9H,2,5H2,1,3-4H3;2H,1H3/b10-7+,11-8+;. The van der Waals surface area contributed by atoms with Crippen molar-refractivity contribution < 1.29 is 13.9 Å². The number of hydrogen-bond donors (Lipinski definition) is 1. The topological polar surface area (TPSA) is 20.2 Å². The first-order valence-corrected chi connectivity index (χ1v) is 5.73. The van der Waals surface area contributed by atoms with Gasteiger partial charge in [-0.3, -0.25) is 0 Å². The van der Waals surface area contributed by atoms with Crippen LogP contribution in [-0.4, -0.2) is 18.1 Å². The lowest BCUT2D eigenvalue weighted by molar-refractivity contribution is 0.0676. The maximum atomic E-state index is 12.9. The molecule has 0 rings (SSSR count). The number of allylic oxidation sites excluding steroid dienone is 5. The van der Waals surface area contributed by atoms with Gasteiger partial charge in [0.15, 0.2) is 0 Å². The van der Waals surface area contributed by atoms with Crippen molar-refractivity contribution in [3.05, 3.63) is 35.4 Å². The van der Waals surface area contributed by atoms with Gasteiger partial charge in [-0.15, -0.1) is 0 Å². The molecule has 0 aromatic heterocycles. The van der Waals surface area contributed by atoms with Crippen molar-refractivity contribution in [2.45, 2.75) is 33.1 Å². The Bertz CT molecular complexity index is 278. The number of halogens is 3. The predicted molar refractivity (Wildman–Crippen MR) is 70.4 cm³/mol. The molecule has 0 saturated heterocycles. The van der Waals surface area contributed by atoms with E-state index in [0.29, 0.717) is 5.03 Å². The first kappa shape index (κ1) is 18.7. The molecular formula is C13H21ClF2O. The van der Waals surface area contributed by atoms with E-state index in [2.05, 4.69) is 6.58 Å². The van der Waals surface area contributed by atoms with E-state index in [1.54, 1.807) is 0 Å². The Kier molecular flexibility index (Phi) is 10.3. The Morgan fingerprint density at radius 2 is 1.88 bits per heavy atom. The van der Waals surface area contributed by atoms with Gasteiger partial charge >= 0.3 is 0 Å². The van der Waals surface area contributed by atoms with Crippen LogP contribution in [0.15, 0.2) is 35.4 Å². The Morgan fingerprint density at radius 3 is 2.18 bits per heavy atom. The molecule has 0 aliphatic carbocycles. The third kappa shape index (κ3) is 8.11. The molecule has 0 saturated carbocycles. The van der Waals surface area contributed by atoms with E-state index in [1.807, 2.05) is 13.8 Å². The quantitative estimate of drug-likeness (QED) is 0.725. The summed E-state index contributed by atoms with van der Waals surface area (Å²) < 4.78 is 25.8. The van der Waals surface area contributed by atoms with Crippen LogP contribution in [-0.2, 0) is 0 Å². The Hall–Kier alpha value is -0.670. The summed E-state index contributed by atoms with van der Waals surface area (Å²) in [6.07, 6.45) is 4.87. The van der Waals surface area contributed by atoms with Gasteiger partial charge in [0, 0.05) is 24.6 Å². The van der Waals surface area contributed by atoms with E-state index in [1.165, 1.54) is 12.2 Å². The van der Waals surface area contributed by atoms with Gasteiger partial charge < -0.3 is 5.11 Å². The number of hydrogen-bond acceptors (Lipinski definition) is 1. The Balaban J connectivity index is 0. The second kappa shape index (κ2) is 9.37. The van der Waals surface area contributed by atoms with E-state index in [4.69, 9.17) is 16.7 Å². The second-order valence-corrected chi connectivity index (χ2v) is 4.01. The van der Waals surface area contributed by atoms with Gasteiger partial charge in [-0.2, -0.15) is 0 Å². The Labute approximate surface area is 107 Å². The molecule has 0 heterocycles. The molecule has 0 fully saturated rings. The van der Waals surface area contributed by atoms with Crippen LogP contribution >= 0.6 is 11.6 Å². The van der Waals surface area contributed by atoms with Gasteiger partial charge in [-0.1, -0.05) is 44.2 Å². The molecule has 1 N–H and O–H groups in total. The average molecular weight is 267 g/mol. The van der Waals surface area contributed by atoms with Gasteiger partial charge in [0.2, 0.25) is 0 Å². The summed E-state index contributed by atoms with van der Waals surface area (Å²) in [5, 5.41) is 7.58. The van der Waals surface area contributed by atoms with Crippen LogP contribution in [0.3, 0.4) is 0 Å². The van der Waals surface area contributed by atoms with Crippen molar-refractivity contribution in [1.82, 2.24) is 0 Å². The van der Waals surface area contributed by atoms with Gasteiger partial charge in [0.25, 0.3) is 5.92 Å². The fourth-order valence-corrected chi connectivity index (χ4v) is 1.14. The van der Waals surface area contributed by atoms with Gasteiger partial charge in [0.05, 0.1) is 0 Å². The van der Waals surface area contributed by atoms with E-state index in [9.17, 15) is 8.78 Å². The summed E-state index contributed by atoms with van der Waals surface area (Å²) in [4.78, 5) is 0. The molecule has 4 heteroatoms. The van der Waals surface area contributed by atoms with Crippen LogP contribution in [0.5, 0.6) is 0 Å². The van der Waals surface area contributed by atoms with Crippen molar-refractivity contribution in [1.29, 1.82) is 0 Å². The minimum Gasteiger partial charge on any atom is -0.400 e. The van der Waals surface area contributed by atoms with Gasteiger partial charge in [-0.25, -0.2) is 8.78 Å². The molecule has 0 aliphatic heterocycles. The van der Waals surface area contributed by atoms with Crippen LogP contribution in [0, 0.1) is 5.92 Å². The zero-order valence-electron chi connectivity index (χ0n) is 10.8. The molecule has 1 nitrogen and oxygen atoms in total. The second-order valence-electron chi connectivity index (χ2n) is 3.58. The van der Waals surface area contributed by atoms with E-state index < -0.39 is 5.92 Å². The highest BCUT2D eigenvalue weighted by Crippen LogP contribution is 2.25. The van der Waals surface area contributed by atoms with Gasteiger partial charge in [-0.05, 0) is 18.4 Å². The molecule has 17 heavy (non-hydrogen) atoms. The van der Waals surface area contributed by atoms with E-state index >= 15 is 0 Å². The molecule has 0 spiro atoms. The van der Waals surface area contributed by atoms with Crippen LogP contribution in [0.2, 0.25) is 0 Å². The SMILES string of the molecule is C=C/C(=C\C=C(\Cl)C(C)CC)C(C)(F)F.CO. The van der Waals surface area contributed by atoms with Crippen molar-refractivity contribution in [3.8, 4) is 0 Å². The molecule has 1 unspecified atom stereocenters. The fourth-order valence-electron chi connectivity index (χ4n) is 0.922. The summed E-state index contributed by atoms with van der Waals surface area (Å²) in [5.41, 5.74) is -0.121. The predicted octanol–water partition coefficient (Wildman–Crippen LogP) is 4.53. The van der Waals surface area contributed by atoms with Crippen molar-refractivity contribution >= 4 is 11.6 Å². The lowest BCUT2D eigenvalue weighted by Crippen LogP contribution is -2.11. The largest absolute Gasteiger partial charge is 0.400 e. The summed E-state index contributed by atoms with van der Waals surface area (Å²) in [6, 6.07) is 0. The monoisotopic (exact) mass is 266 g/mol. The molecule has 0 aromatic rings. The van der Waals surface area contributed by atoms with Crippen molar-refractivity contribution in [3.63, 3.8) is 0 Å². The molecule has 0 radical (unpaired) electrons. The number of aliphatic hydroxyl groups excluding tert-OH is 1. The zero-order valence-corrected chi connectivity index (χ0v) is 11.6. The highest BCUT2D eigenvalue weighted by atomic mass is 35.5. The summed E-state index contributed by atoms with van der Waals surface area (Å²) >= 11 is 5.92. The van der Waals surface area contributed by atoms with Crippen LogP contribution in [0.4, 0.5) is 8.78 Å². The smallest absolute Gasteiger partial charge is 0.270 e. The lowest BCUT2D eigenvalue weighted by Gasteiger charge is -2.11. The van der Waals surface area contributed by atoms with Crippen molar-refractivity contribution in [2.24, 2.45) is 5.92 Å². The highest BCUT2D eigenvalue weighted by molar-refractivity contribution is 6.29. The third-order valence-electron chi connectivity index (χ3n) is 2.23. The molecule has 0 aromatic carbocycles. The highest BCUT2D eigenvalue weighted by Gasteiger charge is 2.24. The van der Waals surface area contributed by atoms with E-state index in [-0.39, 0.29) is 11.5 Å². The van der Waals surface area contributed by atoms with Crippen molar-refractivity contribution in [2.75, 3.05) is 7.11 Å². The minimum absolute atomic E-state index is 0.121. The normalized spacial score (nSPS) is 14.8. The summed E-state index contributed by atoms with van der Waals surface area (Å²) in [5.74, 6) is -2.68.